The Morgan fingerprint density at radius 1 is 1.26 bits per heavy atom. The van der Waals surface area contributed by atoms with Crippen LogP contribution in [0.15, 0.2) is 46.9 Å². The molecule has 1 amide bonds. The Hall–Kier alpha value is -1.88. The van der Waals surface area contributed by atoms with E-state index in [0.717, 1.165) is 5.69 Å². The van der Waals surface area contributed by atoms with Gasteiger partial charge in [0.25, 0.3) is 5.91 Å². The smallest absolute Gasteiger partial charge is 0.259 e. The van der Waals surface area contributed by atoms with E-state index >= 15 is 0 Å². The summed E-state index contributed by atoms with van der Waals surface area (Å²) in [7, 11) is 1.66. The van der Waals surface area contributed by atoms with Gasteiger partial charge in [-0.3, -0.25) is 4.79 Å². The minimum absolute atomic E-state index is 0.0481. The topological polar surface area (TPSA) is 46.3 Å². The van der Waals surface area contributed by atoms with Gasteiger partial charge in [0, 0.05) is 17.2 Å². The van der Waals surface area contributed by atoms with Gasteiger partial charge in [0.2, 0.25) is 0 Å². The van der Waals surface area contributed by atoms with Crippen molar-refractivity contribution in [1.82, 2.24) is 0 Å². The molecule has 2 aromatic carbocycles. The number of amides is 1. The zero-order valence-corrected chi connectivity index (χ0v) is 11.8. The molecule has 3 nitrogen and oxygen atoms in total. The summed E-state index contributed by atoms with van der Waals surface area (Å²) >= 11 is 3.18. The molecule has 0 aliphatic carbocycles. The number of carbonyl (C=O) groups is 1. The Morgan fingerprint density at radius 2 is 1.89 bits per heavy atom. The lowest BCUT2D eigenvalue weighted by molar-refractivity contribution is 0.0992. The van der Waals surface area contributed by atoms with E-state index in [2.05, 4.69) is 15.9 Å². The van der Waals surface area contributed by atoms with Crippen molar-refractivity contribution in [1.29, 1.82) is 0 Å². The fourth-order valence-corrected chi connectivity index (χ4v) is 2.16. The number of nitrogens with zero attached hydrogens (tertiary/aromatic N) is 1. The Balaban J connectivity index is 2.37. The summed E-state index contributed by atoms with van der Waals surface area (Å²) in [4.78, 5) is 13.8. The summed E-state index contributed by atoms with van der Waals surface area (Å²) < 4.78 is 13.6. The van der Waals surface area contributed by atoms with Crippen LogP contribution in [0.2, 0.25) is 0 Å². The number of para-hydroxylation sites is 1. The molecule has 0 heterocycles. The second-order valence-electron chi connectivity index (χ2n) is 4.05. The van der Waals surface area contributed by atoms with Crippen molar-refractivity contribution >= 4 is 33.2 Å². The Kier molecular flexibility index (Phi) is 3.85. The number of nitrogen functional groups attached to an aromatic ring is 1. The zero-order valence-electron chi connectivity index (χ0n) is 10.2. The molecular weight excluding hydrogens is 311 g/mol. The van der Waals surface area contributed by atoms with Crippen LogP contribution in [-0.4, -0.2) is 13.0 Å². The molecule has 2 aromatic rings. The molecule has 0 radical (unpaired) electrons. The summed E-state index contributed by atoms with van der Waals surface area (Å²) in [6.45, 7) is 0. The highest BCUT2D eigenvalue weighted by molar-refractivity contribution is 9.10. The lowest BCUT2D eigenvalue weighted by atomic mass is 10.1. The van der Waals surface area contributed by atoms with Gasteiger partial charge in [0.05, 0.1) is 11.3 Å². The molecule has 0 fully saturated rings. The first-order chi connectivity index (χ1) is 9.00. The molecular formula is C14H12BrFN2O. The van der Waals surface area contributed by atoms with E-state index in [1.165, 1.54) is 17.0 Å². The van der Waals surface area contributed by atoms with Crippen LogP contribution < -0.4 is 10.6 Å². The van der Waals surface area contributed by atoms with Crippen LogP contribution >= 0.6 is 15.9 Å². The molecule has 2 N–H and O–H groups in total. The number of nitrogens with two attached hydrogens (primary N) is 1. The first kappa shape index (κ1) is 13.5. The number of hydrogen-bond donors (Lipinski definition) is 1. The predicted molar refractivity (Wildman–Crippen MR) is 77.7 cm³/mol. The minimum atomic E-state index is -0.550. The molecule has 0 unspecified atom stereocenters. The highest BCUT2D eigenvalue weighted by Crippen LogP contribution is 2.25. The SMILES string of the molecule is CN(C(=O)c1cc(N)c(F)cc1Br)c1ccccc1. The van der Waals surface area contributed by atoms with E-state index in [0.29, 0.717) is 10.0 Å². The number of halogens is 2. The average molecular weight is 323 g/mol. The van der Waals surface area contributed by atoms with Crippen LogP contribution in [0.3, 0.4) is 0 Å². The summed E-state index contributed by atoms with van der Waals surface area (Å²) in [5.41, 5.74) is 6.53. The monoisotopic (exact) mass is 322 g/mol. The van der Waals surface area contributed by atoms with Crippen molar-refractivity contribution in [3.63, 3.8) is 0 Å². The molecule has 0 aromatic heterocycles. The second kappa shape index (κ2) is 5.40. The molecule has 0 atom stereocenters. The van der Waals surface area contributed by atoms with Gasteiger partial charge < -0.3 is 10.6 Å². The van der Waals surface area contributed by atoms with Crippen LogP contribution in [0.4, 0.5) is 15.8 Å². The van der Waals surface area contributed by atoms with Gasteiger partial charge in [-0.1, -0.05) is 18.2 Å². The summed E-state index contributed by atoms with van der Waals surface area (Å²) in [6, 6.07) is 11.7. The highest BCUT2D eigenvalue weighted by Gasteiger charge is 2.18. The van der Waals surface area contributed by atoms with Crippen LogP contribution in [-0.2, 0) is 0 Å². The van der Waals surface area contributed by atoms with Crippen molar-refractivity contribution in [3.05, 3.63) is 58.3 Å². The van der Waals surface area contributed by atoms with E-state index in [9.17, 15) is 9.18 Å². The minimum Gasteiger partial charge on any atom is -0.396 e. The molecule has 0 spiro atoms. The van der Waals surface area contributed by atoms with Gasteiger partial charge in [-0.2, -0.15) is 0 Å². The van der Waals surface area contributed by atoms with Gasteiger partial charge in [-0.05, 0) is 40.2 Å². The Labute approximate surface area is 119 Å². The first-order valence-electron chi connectivity index (χ1n) is 5.58. The van der Waals surface area contributed by atoms with Crippen molar-refractivity contribution in [2.75, 3.05) is 17.7 Å². The van der Waals surface area contributed by atoms with E-state index in [1.807, 2.05) is 30.3 Å². The van der Waals surface area contributed by atoms with Gasteiger partial charge in [0.1, 0.15) is 5.82 Å². The van der Waals surface area contributed by atoms with Gasteiger partial charge in [-0.15, -0.1) is 0 Å². The number of benzene rings is 2. The maximum Gasteiger partial charge on any atom is 0.259 e. The Morgan fingerprint density at radius 3 is 2.53 bits per heavy atom. The fraction of sp³-hybridized carbons (Fsp3) is 0.0714. The van der Waals surface area contributed by atoms with Crippen molar-refractivity contribution in [3.8, 4) is 0 Å². The van der Waals surface area contributed by atoms with Crippen LogP contribution in [0.1, 0.15) is 10.4 Å². The lowest BCUT2D eigenvalue weighted by Crippen LogP contribution is -2.26. The van der Waals surface area contributed by atoms with Crippen molar-refractivity contribution < 1.29 is 9.18 Å². The predicted octanol–water partition coefficient (Wildman–Crippen LogP) is 3.45. The molecule has 0 bridgehead atoms. The number of rotatable bonds is 2. The molecule has 0 saturated carbocycles. The molecule has 19 heavy (non-hydrogen) atoms. The third kappa shape index (κ3) is 2.76. The lowest BCUT2D eigenvalue weighted by Gasteiger charge is -2.18. The van der Waals surface area contributed by atoms with Gasteiger partial charge in [-0.25, -0.2) is 4.39 Å². The van der Waals surface area contributed by atoms with Crippen molar-refractivity contribution in [2.24, 2.45) is 0 Å². The highest BCUT2D eigenvalue weighted by atomic mass is 79.9. The molecule has 98 valence electrons. The molecule has 2 rings (SSSR count). The third-order valence-corrected chi connectivity index (χ3v) is 3.42. The average Bonchev–Trinajstić information content (AvgIpc) is 2.42. The van der Waals surface area contributed by atoms with Gasteiger partial charge in [0.15, 0.2) is 0 Å². The van der Waals surface area contributed by atoms with E-state index in [-0.39, 0.29) is 11.6 Å². The number of hydrogen-bond acceptors (Lipinski definition) is 2. The summed E-state index contributed by atoms with van der Waals surface area (Å²) in [5, 5.41) is 0. The summed E-state index contributed by atoms with van der Waals surface area (Å²) in [6.07, 6.45) is 0. The number of carbonyl (C=O) groups excluding carboxylic acids is 1. The second-order valence-corrected chi connectivity index (χ2v) is 4.91. The maximum atomic E-state index is 13.3. The standard InChI is InChI=1S/C14H12BrFN2O/c1-18(9-5-3-2-4-6-9)14(19)10-7-13(17)12(16)8-11(10)15/h2-8H,17H2,1H3. The van der Waals surface area contributed by atoms with E-state index in [1.54, 1.807) is 7.05 Å². The third-order valence-electron chi connectivity index (χ3n) is 2.76. The van der Waals surface area contributed by atoms with Crippen molar-refractivity contribution in [2.45, 2.75) is 0 Å². The largest absolute Gasteiger partial charge is 0.396 e. The normalized spacial score (nSPS) is 10.3. The molecule has 0 aliphatic heterocycles. The summed E-state index contributed by atoms with van der Waals surface area (Å²) in [5.74, 6) is -0.810. The van der Waals surface area contributed by atoms with Crippen LogP contribution in [0.25, 0.3) is 0 Å². The maximum absolute atomic E-state index is 13.3. The molecule has 0 saturated heterocycles. The Bertz CT molecular complexity index is 616. The fourth-order valence-electron chi connectivity index (χ4n) is 1.68. The van der Waals surface area contributed by atoms with E-state index in [4.69, 9.17) is 5.73 Å². The van der Waals surface area contributed by atoms with E-state index < -0.39 is 5.82 Å². The first-order valence-corrected chi connectivity index (χ1v) is 6.37. The quantitative estimate of drug-likeness (QED) is 0.861. The number of anilines is 2. The zero-order chi connectivity index (χ0) is 14.0. The molecule has 5 heteroatoms. The van der Waals surface area contributed by atoms with Gasteiger partial charge >= 0.3 is 0 Å². The van der Waals surface area contributed by atoms with Crippen LogP contribution in [0, 0.1) is 5.82 Å². The van der Waals surface area contributed by atoms with Crippen LogP contribution in [0.5, 0.6) is 0 Å². The molecule has 0 aliphatic rings.